The van der Waals surface area contributed by atoms with Gasteiger partial charge >= 0.3 is 7.32 Å². The van der Waals surface area contributed by atoms with Crippen molar-refractivity contribution in [2.45, 2.75) is 0 Å². The van der Waals surface area contributed by atoms with Crippen LogP contribution in [0.3, 0.4) is 0 Å². The summed E-state index contributed by atoms with van der Waals surface area (Å²) in [4.78, 5) is 0. The number of rotatable bonds is 0. The van der Waals surface area contributed by atoms with E-state index in [1.54, 1.807) is 0 Å². The molecular formula is C12H13BF2O7. The molecule has 0 aliphatic rings. The summed E-state index contributed by atoms with van der Waals surface area (Å²) >= 11 is 0. The first kappa shape index (κ1) is 19.4. The topological polar surface area (TPSA) is 142 Å². The molecule has 2 aromatic carbocycles. The Hall–Kier alpha value is -2.56. The molecule has 0 aliphatic carbocycles. The van der Waals surface area contributed by atoms with E-state index >= 15 is 0 Å². The number of benzene rings is 2. The first-order valence-electron chi connectivity index (χ1n) is 5.54. The van der Waals surface area contributed by atoms with Gasteiger partial charge in [-0.1, -0.05) is 12.1 Å². The number of phenolic OH excluding ortho intramolecular Hbond substituents is 4. The molecule has 0 spiro atoms. The fourth-order valence-corrected chi connectivity index (χ4v) is 1.01. The zero-order valence-corrected chi connectivity index (χ0v) is 10.9. The smallest absolute Gasteiger partial charge is 0.504 e. The van der Waals surface area contributed by atoms with Crippen molar-refractivity contribution in [3.05, 3.63) is 48.0 Å². The minimum absolute atomic E-state index is 0.435. The van der Waals surface area contributed by atoms with Crippen molar-refractivity contribution in [1.82, 2.24) is 0 Å². The van der Waals surface area contributed by atoms with Gasteiger partial charge in [-0.3, -0.25) is 0 Å². The molecule has 120 valence electrons. The molecule has 0 atom stereocenters. The summed E-state index contributed by atoms with van der Waals surface area (Å²) in [5.74, 6) is -3.88. The maximum absolute atomic E-state index is 12.2. The second-order valence-electron chi connectivity index (χ2n) is 3.56. The van der Waals surface area contributed by atoms with Crippen LogP contribution in [-0.2, 0) is 0 Å². The molecule has 10 heteroatoms. The molecule has 0 aliphatic heterocycles. The molecule has 2 rings (SSSR count). The second kappa shape index (κ2) is 9.39. The van der Waals surface area contributed by atoms with E-state index in [0.29, 0.717) is 0 Å². The standard InChI is InChI=1S/2C6H5FO2.BH3O3/c2*7-4-2-1-3-5(8)6(4)9;2-1(3)4/h2*1-3,8-9H;2-4H. The first-order valence-corrected chi connectivity index (χ1v) is 5.54. The molecular weight excluding hydrogens is 305 g/mol. The van der Waals surface area contributed by atoms with Crippen molar-refractivity contribution in [3.8, 4) is 23.0 Å². The third-order valence-electron chi connectivity index (χ3n) is 1.93. The fourth-order valence-electron chi connectivity index (χ4n) is 1.01. The molecule has 0 saturated carbocycles. The molecule has 0 bridgehead atoms. The van der Waals surface area contributed by atoms with E-state index in [2.05, 4.69) is 0 Å². The summed E-state index contributed by atoms with van der Waals surface area (Å²) in [7, 11) is -2.17. The van der Waals surface area contributed by atoms with Crippen molar-refractivity contribution in [1.29, 1.82) is 0 Å². The molecule has 0 amide bonds. The normalized spacial score (nSPS) is 8.95. The largest absolute Gasteiger partial charge is 0.631 e. The van der Waals surface area contributed by atoms with Crippen molar-refractivity contribution in [3.63, 3.8) is 0 Å². The molecule has 0 fully saturated rings. The molecule has 0 saturated heterocycles. The van der Waals surface area contributed by atoms with Gasteiger partial charge in [-0.05, 0) is 24.3 Å². The molecule has 2 aromatic rings. The average Bonchev–Trinajstić information content (AvgIpc) is 2.42. The van der Waals surface area contributed by atoms with E-state index in [-0.39, 0.29) is 0 Å². The SMILES string of the molecule is OB(O)O.Oc1cccc(F)c1O.Oc1cccc(F)c1O. The Labute approximate surface area is 123 Å². The van der Waals surface area contributed by atoms with Gasteiger partial charge in [-0.15, -0.1) is 0 Å². The number of halogens is 2. The minimum Gasteiger partial charge on any atom is -0.504 e. The quantitative estimate of drug-likeness (QED) is 0.276. The third kappa shape index (κ3) is 7.29. The summed E-state index contributed by atoms with van der Waals surface area (Å²) in [6.45, 7) is 0. The minimum atomic E-state index is -2.17. The lowest BCUT2D eigenvalue weighted by atomic mass is 10.3. The summed E-state index contributed by atoms with van der Waals surface area (Å²) in [5, 5.41) is 55.9. The van der Waals surface area contributed by atoms with Gasteiger partial charge in [-0.25, -0.2) is 8.78 Å². The van der Waals surface area contributed by atoms with Gasteiger partial charge in [0, 0.05) is 0 Å². The van der Waals surface area contributed by atoms with Crippen LogP contribution in [0.25, 0.3) is 0 Å². The van der Waals surface area contributed by atoms with Crippen molar-refractivity contribution in [2.24, 2.45) is 0 Å². The van der Waals surface area contributed by atoms with Gasteiger partial charge in [0.15, 0.2) is 34.6 Å². The lowest BCUT2D eigenvalue weighted by molar-refractivity contribution is 0.278. The van der Waals surface area contributed by atoms with Crippen LogP contribution in [0.2, 0.25) is 0 Å². The monoisotopic (exact) mass is 318 g/mol. The average molecular weight is 318 g/mol. The molecule has 22 heavy (non-hydrogen) atoms. The van der Waals surface area contributed by atoms with Gasteiger partial charge < -0.3 is 35.5 Å². The molecule has 0 aromatic heterocycles. The molecule has 7 N–H and O–H groups in total. The predicted octanol–water partition coefficient (Wildman–Crippen LogP) is 0.422. The van der Waals surface area contributed by atoms with Crippen molar-refractivity contribution >= 4 is 7.32 Å². The highest BCUT2D eigenvalue weighted by Crippen LogP contribution is 2.26. The van der Waals surface area contributed by atoms with Gasteiger partial charge in [0.1, 0.15) is 0 Å². The molecule has 7 nitrogen and oxygen atoms in total. The van der Waals surface area contributed by atoms with Crippen molar-refractivity contribution in [2.75, 3.05) is 0 Å². The summed E-state index contributed by atoms with van der Waals surface area (Å²) in [6.07, 6.45) is 0. The zero-order chi connectivity index (χ0) is 17.3. The second-order valence-corrected chi connectivity index (χ2v) is 3.56. The van der Waals surface area contributed by atoms with E-state index in [1.807, 2.05) is 0 Å². The number of phenols is 4. The Kier molecular flexibility index (Phi) is 8.30. The van der Waals surface area contributed by atoms with Crippen LogP contribution in [-0.4, -0.2) is 42.8 Å². The maximum Gasteiger partial charge on any atom is 0.631 e. The van der Waals surface area contributed by atoms with Crippen LogP contribution in [0.15, 0.2) is 36.4 Å². The Balaban J connectivity index is 0.000000326. The zero-order valence-electron chi connectivity index (χ0n) is 10.9. The van der Waals surface area contributed by atoms with Gasteiger partial charge in [0.2, 0.25) is 0 Å². The number of hydrogen-bond donors (Lipinski definition) is 7. The van der Waals surface area contributed by atoms with Crippen LogP contribution < -0.4 is 0 Å². The van der Waals surface area contributed by atoms with Crippen LogP contribution >= 0.6 is 0 Å². The fraction of sp³-hybridized carbons (Fsp3) is 0. The van der Waals surface area contributed by atoms with E-state index in [1.165, 1.54) is 24.3 Å². The van der Waals surface area contributed by atoms with Gasteiger partial charge in [-0.2, -0.15) is 0 Å². The summed E-state index contributed by atoms with van der Waals surface area (Å²) in [5.41, 5.74) is 0. The lowest BCUT2D eigenvalue weighted by Gasteiger charge is -1.94. The van der Waals surface area contributed by atoms with E-state index < -0.39 is 42.0 Å². The van der Waals surface area contributed by atoms with Gasteiger partial charge in [0.25, 0.3) is 0 Å². The van der Waals surface area contributed by atoms with Crippen molar-refractivity contribution < 1.29 is 44.3 Å². The highest BCUT2D eigenvalue weighted by molar-refractivity contribution is 6.30. The Morgan fingerprint density at radius 3 is 1.09 bits per heavy atom. The first-order chi connectivity index (χ1) is 10.2. The highest BCUT2D eigenvalue weighted by Gasteiger charge is 2.02. The Bertz CT molecular complexity index is 503. The molecule has 0 heterocycles. The maximum atomic E-state index is 12.2. The lowest BCUT2D eigenvalue weighted by Crippen LogP contribution is -2.07. The van der Waals surface area contributed by atoms with Crippen LogP contribution in [0.5, 0.6) is 23.0 Å². The van der Waals surface area contributed by atoms with Gasteiger partial charge in [0.05, 0.1) is 0 Å². The number of hydrogen-bond acceptors (Lipinski definition) is 7. The number of aromatic hydroxyl groups is 4. The summed E-state index contributed by atoms with van der Waals surface area (Å²) < 4.78 is 24.3. The Morgan fingerprint density at radius 2 is 0.909 bits per heavy atom. The van der Waals surface area contributed by atoms with E-state index in [0.717, 1.165) is 12.1 Å². The number of para-hydroxylation sites is 2. The highest BCUT2D eigenvalue weighted by atomic mass is 19.1. The van der Waals surface area contributed by atoms with Crippen LogP contribution in [0, 0.1) is 11.6 Å². The van der Waals surface area contributed by atoms with Crippen LogP contribution in [0.4, 0.5) is 8.78 Å². The Morgan fingerprint density at radius 1 is 0.636 bits per heavy atom. The molecule has 0 unspecified atom stereocenters. The van der Waals surface area contributed by atoms with Crippen LogP contribution in [0.1, 0.15) is 0 Å². The predicted molar refractivity (Wildman–Crippen MR) is 71.9 cm³/mol. The third-order valence-corrected chi connectivity index (χ3v) is 1.93. The van der Waals surface area contributed by atoms with E-state index in [4.69, 9.17) is 35.5 Å². The summed E-state index contributed by atoms with van der Waals surface area (Å²) in [6, 6.07) is 7.16. The van der Waals surface area contributed by atoms with E-state index in [9.17, 15) is 8.78 Å². The molecule has 0 radical (unpaired) electrons.